The van der Waals surface area contributed by atoms with Crippen molar-refractivity contribution in [2.45, 2.75) is 19.4 Å². The Labute approximate surface area is 96.2 Å². The first kappa shape index (κ1) is 11.4. The van der Waals surface area contributed by atoms with Crippen LogP contribution in [-0.4, -0.2) is 24.7 Å². The van der Waals surface area contributed by atoms with E-state index in [0.717, 1.165) is 25.3 Å². The van der Waals surface area contributed by atoms with Crippen LogP contribution in [0.3, 0.4) is 0 Å². The zero-order chi connectivity index (χ0) is 11.2. The van der Waals surface area contributed by atoms with E-state index in [1.165, 1.54) is 12.8 Å². The molecule has 1 aliphatic heterocycles. The molecule has 3 N–H and O–H groups in total. The van der Waals surface area contributed by atoms with Crippen LogP contribution < -0.4 is 15.8 Å². The molecule has 0 aliphatic carbocycles. The van der Waals surface area contributed by atoms with Crippen LogP contribution >= 0.6 is 0 Å². The van der Waals surface area contributed by atoms with Gasteiger partial charge in [0.15, 0.2) is 0 Å². The Hall–Kier alpha value is -1.13. The minimum absolute atomic E-state index is 0.529. The highest BCUT2D eigenvalue weighted by Crippen LogP contribution is 2.14. The predicted octanol–water partition coefficient (Wildman–Crippen LogP) is 0.919. The second-order valence-electron chi connectivity index (χ2n) is 4.21. The van der Waals surface area contributed by atoms with Gasteiger partial charge in [-0.1, -0.05) is 6.07 Å². The van der Waals surface area contributed by atoms with Gasteiger partial charge in [0.2, 0.25) is 5.88 Å². The van der Waals surface area contributed by atoms with Crippen LogP contribution in [-0.2, 0) is 6.54 Å². The van der Waals surface area contributed by atoms with Gasteiger partial charge in [0, 0.05) is 18.8 Å². The molecular formula is C12H19N3O. The van der Waals surface area contributed by atoms with Crippen LogP contribution in [0.25, 0.3) is 0 Å². The summed E-state index contributed by atoms with van der Waals surface area (Å²) in [6.07, 6.45) is 4.17. The van der Waals surface area contributed by atoms with Crippen molar-refractivity contribution in [1.29, 1.82) is 0 Å². The molecule has 1 saturated heterocycles. The summed E-state index contributed by atoms with van der Waals surface area (Å²) in [6, 6.07) is 3.86. The van der Waals surface area contributed by atoms with Gasteiger partial charge in [-0.05, 0) is 37.4 Å². The SMILES string of the molecule is NCc1ccc(OCC2CCNCC2)nc1. The molecular weight excluding hydrogens is 202 g/mol. The zero-order valence-electron chi connectivity index (χ0n) is 9.48. The predicted molar refractivity (Wildman–Crippen MR) is 63.2 cm³/mol. The Morgan fingerprint density at radius 3 is 2.81 bits per heavy atom. The van der Waals surface area contributed by atoms with Gasteiger partial charge in [-0.15, -0.1) is 0 Å². The van der Waals surface area contributed by atoms with E-state index in [1.807, 2.05) is 12.1 Å². The molecule has 0 saturated carbocycles. The largest absolute Gasteiger partial charge is 0.477 e. The lowest BCUT2D eigenvalue weighted by Crippen LogP contribution is -2.30. The second-order valence-corrected chi connectivity index (χ2v) is 4.21. The summed E-state index contributed by atoms with van der Waals surface area (Å²) in [4.78, 5) is 4.22. The number of hydrogen-bond donors (Lipinski definition) is 2. The summed E-state index contributed by atoms with van der Waals surface area (Å²) < 4.78 is 5.67. The molecule has 1 fully saturated rings. The minimum atomic E-state index is 0.529. The van der Waals surface area contributed by atoms with Crippen LogP contribution in [0.5, 0.6) is 5.88 Å². The molecule has 88 valence electrons. The van der Waals surface area contributed by atoms with E-state index >= 15 is 0 Å². The normalized spacial score (nSPS) is 17.3. The lowest BCUT2D eigenvalue weighted by Gasteiger charge is -2.22. The van der Waals surface area contributed by atoms with Gasteiger partial charge in [-0.2, -0.15) is 0 Å². The van der Waals surface area contributed by atoms with Crippen LogP contribution in [0, 0.1) is 5.92 Å². The van der Waals surface area contributed by atoms with Crippen molar-refractivity contribution in [3.63, 3.8) is 0 Å². The first-order valence-corrected chi connectivity index (χ1v) is 5.87. The van der Waals surface area contributed by atoms with Gasteiger partial charge in [0.05, 0.1) is 6.61 Å². The van der Waals surface area contributed by atoms with Crippen molar-refractivity contribution in [2.24, 2.45) is 11.7 Å². The Balaban J connectivity index is 1.79. The zero-order valence-corrected chi connectivity index (χ0v) is 9.48. The van der Waals surface area contributed by atoms with Crippen LogP contribution in [0.4, 0.5) is 0 Å². The summed E-state index contributed by atoms with van der Waals surface area (Å²) in [5.41, 5.74) is 6.54. The molecule has 1 aromatic heterocycles. The van der Waals surface area contributed by atoms with Crippen LogP contribution in [0.2, 0.25) is 0 Å². The highest BCUT2D eigenvalue weighted by molar-refractivity contribution is 5.17. The van der Waals surface area contributed by atoms with Crippen LogP contribution in [0.15, 0.2) is 18.3 Å². The standard InChI is InChI=1S/C12H19N3O/c13-7-11-1-2-12(15-8-11)16-9-10-3-5-14-6-4-10/h1-2,8,10,14H,3-7,9,13H2. The van der Waals surface area contributed by atoms with Gasteiger partial charge in [0.25, 0.3) is 0 Å². The molecule has 2 rings (SSSR count). The maximum Gasteiger partial charge on any atom is 0.213 e. The Bertz CT molecular complexity index is 307. The highest BCUT2D eigenvalue weighted by Gasteiger charge is 2.13. The number of piperidine rings is 1. The van der Waals surface area contributed by atoms with E-state index in [-0.39, 0.29) is 0 Å². The summed E-state index contributed by atoms with van der Waals surface area (Å²) in [5, 5.41) is 3.34. The molecule has 0 bridgehead atoms. The number of ether oxygens (including phenoxy) is 1. The summed E-state index contributed by atoms with van der Waals surface area (Å²) >= 11 is 0. The molecule has 16 heavy (non-hydrogen) atoms. The number of rotatable bonds is 4. The van der Waals surface area contributed by atoms with E-state index in [4.69, 9.17) is 10.5 Å². The lowest BCUT2D eigenvalue weighted by molar-refractivity contribution is 0.209. The van der Waals surface area contributed by atoms with E-state index in [9.17, 15) is 0 Å². The van der Waals surface area contributed by atoms with Gasteiger partial charge in [-0.3, -0.25) is 0 Å². The summed E-state index contributed by atoms with van der Waals surface area (Å²) in [6.45, 7) is 3.51. The first-order chi connectivity index (χ1) is 7.88. The fraction of sp³-hybridized carbons (Fsp3) is 0.583. The molecule has 0 unspecified atom stereocenters. The molecule has 0 atom stereocenters. The number of aromatic nitrogens is 1. The number of nitrogens with zero attached hydrogens (tertiary/aromatic N) is 1. The van der Waals surface area contributed by atoms with E-state index < -0.39 is 0 Å². The van der Waals surface area contributed by atoms with Crippen molar-refractivity contribution < 1.29 is 4.74 Å². The van der Waals surface area contributed by atoms with Gasteiger partial charge in [-0.25, -0.2) is 4.98 Å². The van der Waals surface area contributed by atoms with Crippen molar-refractivity contribution in [3.05, 3.63) is 23.9 Å². The third-order valence-electron chi connectivity index (χ3n) is 2.96. The molecule has 0 amide bonds. The quantitative estimate of drug-likeness (QED) is 0.793. The molecule has 4 nitrogen and oxygen atoms in total. The van der Waals surface area contributed by atoms with Gasteiger partial charge in [0.1, 0.15) is 0 Å². The maximum atomic E-state index is 5.67. The second kappa shape index (κ2) is 5.82. The van der Waals surface area contributed by atoms with E-state index in [0.29, 0.717) is 18.3 Å². The van der Waals surface area contributed by atoms with Crippen molar-refractivity contribution in [1.82, 2.24) is 10.3 Å². The number of pyridine rings is 1. The molecule has 2 heterocycles. The molecule has 1 aliphatic rings. The summed E-state index contributed by atoms with van der Waals surface area (Å²) in [7, 11) is 0. The lowest BCUT2D eigenvalue weighted by atomic mass is 9.99. The Morgan fingerprint density at radius 1 is 1.38 bits per heavy atom. The maximum absolute atomic E-state index is 5.67. The van der Waals surface area contributed by atoms with Gasteiger partial charge < -0.3 is 15.8 Å². The Morgan fingerprint density at radius 2 is 2.19 bits per heavy atom. The topological polar surface area (TPSA) is 60.2 Å². The average molecular weight is 221 g/mol. The molecule has 0 radical (unpaired) electrons. The molecule has 0 spiro atoms. The molecule has 1 aromatic rings. The summed E-state index contributed by atoms with van der Waals surface area (Å²) in [5.74, 6) is 1.37. The number of nitrogens with two attached hydrogens (primary N) is 1. The van der Waals surface area contributed by atoms with Gasteiger partial charge >= 0.3 is 0 Å². The monoisotopic (exact) mass is 221 g/mol. The molecule has 4 heteroatoms. The fourth-order valence-corrected chi connectivity index (χ4v) is 1.87. The number of nitrogens with one attached hydrogen (secondary N) is 1. The Kier molecular flexibility index (Phi) is 4.13. The van der Waals surface area contributed by atoms with Crippen molar-refractivity contribution in [3.8, 4) is 5.88 Å². The number of hydrogen-bond acceptors (Lipinski definition) is 4. The van der Waals surface area contributed by atoms with E-state index in [2.05, 4.69) is 10.3 Å². The molecule has 0 aromatic carbocycles. The third kappa shape index (κ3) is 3.18. The van der Waals surface area contributed by atoms with Crippen molar-refractivity contribution >= 4 is 0 Å². The van der Waals surface area contributed by atoms with E-state index in [1.54, 1.807) is 6.20 Å². The average Bonchev–Trinajstić information content (AvgIpc) is 2.38. The highest BCUT2D eigenvalue weighted by atomic mass is 16.5. The fourth-order valence-electron chi connectivity index (χ4n) is 1.87. The van der Waals surface area contributed by atoms with Crippen molar-refractivity contribution in [2.75, 3.05) is 19.7 Å². The smallest absolute Gasteiger partial charge is 0.213 e. The first-order valence-electron chi connectivity index (χ1n) is 5.87. The van der Waals surface area contributed by atoms with Crippen LogP contribution in [0.1, 0.15) is 18.4 Å². The third-order valence-corrected chi connectivity index (χ3v) is 2.96. The minimum Gasteiger partial charge on any atom is -0.477 e.